The number of hydrogen-bond acceptors (Lipinski definition) is 7. The van der Waals surface area contributed by atoms with Crippen LogP contribution in [-0.4, -0.2) is 39.9 Å². The fourth-order valence-corrected chi connectivity index (χ4v) is 4.15. The Bertz CT molecular complexity index is 1030. The number of nitrogens with zero attached hydrogens (tertiary/aromatic N) is 4. The zero-order valence-electron chi connectivity index (χ0n) is 17.9. The van der Waals surface area contributed by atoms with Crippen molar-refractivity contribution in [1.29, 1.82) is 0 Å². The Hall–Kier alpha value is -3.42. The highest BCUT2D eigenvalue weighted by Crippen LogP contribution is 2.40. The number of nitrogens with one attached hydrogen (secondary N) is 1. The average molecular weight is 422 g/mol. The van der Waals surface area contributed by atoms with Crippen LogP contribution in [0.15, 0.2) is 48.5 Å². The molecule has 0 bridgehead atoms. The van der Waals surface area contributed by atoms with E-state index in [1.54, 1.807) is 30.8 Å². The number of rotatable bonds is 7. The van der Waals surface area contributed by atoms with Gasteiger partial charge in [-0.15, -0.1) is 5.10 Å². The lowest BCUT2D eigenvalue weighted by molar-refractivity contribution is 0.0526. The molecular formula is C23H27N5O3. The van der Waals surface area contributed by atoms with Crippen LogP contribution in [0.3, 0.4) is 0 Å². The molecule has 0 saturated heterocycles. The number of esters is 1. The van der Waals surface area contributed by atoms with Gasteiger partial charge in [-0.25, -0.2) is 4.79 Å². The van der Waals surface area contributed by atoms with Gasteiger partial charge >= 0.3 is 5.97 Å². The summed E-state index contributed by atoms with van der Waals surface area (Å²) >= 11 is 0. The molecule has 0 amide bonds. The Kier molecular flexibility index (Phi) is 6.16. The Balaban J connectivity index is 1.68. The summed E-state index contributed by atoms with van der Waals surface area (Å²) in [4.78, 5) is 12.0. The minimum atomic E-state index is -0.395. The van der Waals surface area contributed by atoms with E-state index in [2.05, 4.69) is 20.8 Å². The monoisotopic (exact) mass is 421 g/mol. The molecule has 0 spiro atoms. The molecule has 3 aromatic rings. The second kappa shape index (κ2) is 9.16. The minimum absolute atomic E-state index is 0.338. The minimum Gasteiger partial charge on any atom is -0.497 e. The number of anilines is 1. The molecule has 1 aliphatic carbocycles. The van der Waals surface area contributed by atoms with E-state index < -0.39 is 5.54 Å². The quantitative estimate of drug-likeness (QED) is 0.574. The maximum absolute atomic E-state index is 12.0. The van der Waals surface area contributed by atoms with Crippen LogP contribution in [0, 0.1) is 0 Å². The first-order chi connectivity index (χ1) is 15.1. The molecule has 1 heterocycles. The summed E-state index contributed by atoms with van der Waals surface area (Å²) in [6, 6.07) is 15.1. The molecule has 1 aromatic heterocycles. The molecule has 1 fully saturated rings. The molecule has 0 radical (unpaired) electrons. The molecule has 4 rings (SSSR count). The van der Waals surface area contributed by atoms with Crippen LogP contribution in [0.4, 0.5) is 5.69 Å². The lowest BCUT2D eigenvalue weighted by Crippen LogP contribution is -2.40. The average Bonchev–Trinajstić information content (AvgIpc) is 3.31. The Labute approximate surface area is 181 Å². The zero-order valence-corrected chi connectivity index (χ0v) is 17.9. The molecule has 8 nitrogen and oxygen atoms in total. The summed E-state index contributed by atoms with van der Waals surface area (Å²) in [7, 11) is 1.66. The summed E-state index contributed by atoms with van der Waals surface area (Å²) in [6.45, 7) is 2.13. The fraction of sp³-hybridized carbons (Fsp3) is 0.391. The predicted molar refractivity (Wildman–Crippen MR) is 116 cm³/mol. The van der Waals surface area contributed by atoms with Crippen molar-refractivity contribution in [3.8, 4) is 11.4 Å². The largest absolute Gasteiger partial charge is 0.497 e. The van der Waals surface area contributed by atoms with Crippen molar-refractivity contribution in [3.63, 3.8) is 0 Å². The van der Waals surface area contributed by atoms with E-state index >= 15 is 0 Å². The van der Waals surface area contributed by atoms with Crippen LogP contribution in [0.2, 0.25) is 0 Å². The summed E-state index contributed by atoms with van der Waals surface area (Å²) < 4.78 is 12.2. The predicted octanol–water partition coefficient (Wildman–Crippen LogP) is 4.12. The molecule has 2 aromatic carbocycles. The maximum atomic E-state index is 12.0. The highest BCUT2D eigenvalue weighted by molar-refractivity contribution is 5.89. The van der Waals surface area contributed by atoms with Crippen LogP contribution >= 0.6 is 0 Å². The molecule has 1 saturated carbocycles. The van der Waals surface area contributed by atoms with Crippen LogP contribution in [0.1, 0.15) is 55.2 Å². The lowest BCUT2D eigenvalue weighted by atomic mass is 9.80. The Morgan fingerprint density at radius 3 is 2.61 bits per heavy atom. The third kappa shape index (κ3) is 4.38. The Morgan fingerprint density at radius 1 is 1.13 bits per heavy atom. The SMILES string of the molecule is CCOC(=O)c1ccc(-n2nnnc2C2(Nc3cccc(OC)c3)CCCCC2)cc1. The van der Waals surface area contributed by atoms with Crippen molar-refractivity contribution in [2.45, 2.75) is 44.6 Å². The number of tetrazole rings is 1. The van der Waals surface area contributed by atoms with Gasteiger partial charge in [0.25, 0.3) is 0 Å². The third-order valence-corrected chi connectivity index (χ3v) is 5.68. The van der Waals surface area contributed by atoms with Gasteiger partial charge in [0.2, 0.25) is 0 Å². The highest BCUT2D eigenvalue weighted by Gasteiger charge is 2.39. The van der Waals surface area contributed by atoms with E-state index in [0.29, 0.717) is 12.2 Å². The first-order valence-corrected chi connectivity index (χ1v) is 10.6. The highest BCUT2D eigenvalue weighted by atomic mass is 16.5. The van der Waals surface area contributed by atoms with E-state index in [9.17, 15) is 4.79 Å². The van der Waals surface area contributed by atoms with Gasteiger partial charge in [0.1, 0.15) is 5.75 Å². The second-order valence-electron chi connectivity index (χ2n) is 7.68. The van der Waals surface area contributed by atoms with Crippen LogP contribution in [0.25, 0.3) is 5.69 Å². The zero-order chi connectivity index (χ0) is 21.7. The van der Waals surface area contributed by atoms with E-state index in [4.69, 9.17) is 9.47 Å². The Morgan fingerprint density at radius 2 is 1.90 bits per heavy atom. The number of methoxy groups -OCH3 is 1. The molecule has 0 aliphatic heterocycles. The van der Waals surface area contributed by atoms with E-state index in [1.165, 1.54) is 6.42 Å². The molecule has 1 N–H and O–H groups in total. The maximum Gasteiger partial charge on any atom is 0.338 e. The van der Waals surface area contributed by atoms with Crippen molar-refractivity contribution in [1.82, 2.24) is 20.2 Å². The number of hydrogen-bond donors (Lipinski definition) is 1. The molecule has 1 aliphatic rings. The van der Waals surface area contributed by atoms with Gasteiger partial charge in [-0.05, 0) is 66.6 Å². The van der Waals surface area contributed by atoms with E-state index in [-0.39, 0.29) is 5.97 Å². The van der Waals surface area contributed by atoms with Crippen molar-refractivity contribution in [3.05, 3.63) is 59.9 Å². The first kappa shape index (κ1) is 20.8. The molecule has 8 heteroatoms. The normalized spacial score (nSPS) is 15.3. The van der Waals surface area contributed by atoms with Gasteiger partial charge in [-0.3, -0.25) is 0 Å². The molecule has 31 heavy (non-hydrogen) atoms. The van der Waals surface area contributed by atoms with Gasteiger partial charge in [-0.2, -0.15) is 4.68 Å². The van der Waals surface area contributed by atoms with Gasteiger partial charge in [0.15, 0.2) is 5.82 Å². The van der Waals surface area contributed by atoms with Crippen LogP contribution < -0.4 is 10.1 Å². The van der Waals surface area contributed by atoms with Crippen LogP contribution in [-0.2, 0) is 10.3 Å². The van der Waals surface area contributed by atoms with Gasteiger partial charge in [-0.1, -0.05) is 25.3 Å². The number of aromatic nitrogens is 4. The van der Waals surface area contributed by atoms with Crippen molar-refractivity contribution >= 4 is 11.7 Å². The lowest BCUT2D eigenvalue weighted by Gasteiger charge is -2.37. The fourth-order valence-electron chi connectivity index (χ4n) is 4.15. The van der Waals surface area contributed by atoms with Gasteiger partial charge in [0, 0.05) is 11.8 Å². The second-order valence-corrected chi connectivity index (χ2v) is 7.68. The molecule has 162 valence electrons. The smallest absolute Gasteiger partial charge is 0.338 e. The summed E-state index contributed by atoms with van der Waals surface area (Å²) in [6.07, 6.45) is 5.21. The van der Waals surface area contributed by atoms with Crippen molar-refractivity contribution in [2.24, 2.45) is 0 Å². The molecule has 0 atom stereocenters. The number of carbonyl (C=O) groups is 1. The first-order valence-electron chi connectivity index (χ1n) is 10.6. The number of ether oxygens (including phenoxy) is 2. The van der Waals surface area contributed by atoms with Crippen LogP contribution in [0.5, 0.6) is 5.75 Å². The van der Waals surface area contributed by atoms with E-state index in [0.717, 1.165) is 48.6 Å². The van der Waals surface area contributed by atoms with Crippen molar-refractivity contribution < 1.29 is 14.3 Å². The van der Waals surface area contributed by atoms with Gasteiger partial charge < -0.3 is 14.8 Å². The molecule has 0 unspecified atom stereocenters. The summed E-state index contributed by atoms with van der Waals surface area (Å²) in [5, 5.41) is 16.4. The third-order valence-electron chi connectivity index (χ3n) is 5.68. The summed E-state index contributed by atoms with van der Waals surface area (Å²) in [5.41, 5.74) is 1.87. The van der Waals surface area contributed by atoms with Crippen molar-refractivity contribution in [2.75, 3.05) is 19.0 Å². The van der Waals surface area contributed by atoms with E-state index in [1.807, 2.05) is 36.4 Å². The molecular weight excluding hydrogens is 394 g/mol. The number of carbonyl (C=O) groups excluding carboxylic acids is 1. The standard InChI is InChI=1S/C23H27N5O3/c1-3-31-21(29)17-10-12-19(13-11-17)28-22(25-26-27-28)23(14-5-4-6-15-23)24-18-8-7-9-20(16-18)30-2/h7-13,16,24H,3-6,14-15H2,1-2H3. The topological polar surface area (TPSA) is 91.2 Å². The summed E-state index contributed by atoms with van der Waals surface area (Å²) in [5.74, 6) is 1.22. The number of benzene rings is 2. The van der Waals surface area contributed by atoms with Gasteiger partial charge in [0.05, 0.1) is 30.5 Å².